The van der Waals surface area contributed by atoms with Gasteiger partial charge in [0.05, 0.1) is 5.69 Å². The number of rotatable bonds is 7. The van der Waals surface area contributed by atoms with Gasteiger partial charge in [0.15, 0.2) is 5.13 Å². The number of thiazole rings is 1. The molecule has 0 atom stereocenters. The molecule has 1 aromatic rings. The molecule has 1 rings (SSSR count). The summed E-state index contributed by atoms with van der Waals surface area (Å²) in [5, 5.41) is 4.62. The van der Waals surface area contributed by atoms with Crippen molar-refractivity contribution < 1.29 is 0 Å². The van der Waals surface area contributed by atoms with Gasteiger partial charge >= 0.3 is 0 Å². The SMILES string of the molecule is CCCc1nc(N(C)C)sc1CNCC(C)C. The van der Waals surface area contributed by atoms with Gasteiger partial charge in [0.1, 0.15) is 0 Å². The average Bonchev–Trinajstić information content (AvgIpc) is 2.62. The number of hydrogen-bond donors (Lipinski definition) is 1. The van der Waals surface area contributed by atoms with Gasteiger partial charge in [-0.25, -0.2) is 4.98 Å². The fourth-order valence-electron chi connectivity index (χ4n) is 1.61. The van der Waals surface area contributed by atoms with Crippen LogP contribution in [0.25, 0.3) is 0 Å². The predicted octanol–water partition coefficient (Wildman–Crippen LogP) is 2.91. The first kappa shape index (κ1) is 14.5. The summed E-state index contributed by atoms with van der Waals surface area (Å²) in [6, 6.07) is 0. The second-order valence-corrected chi connectivity index (χ2v) is 6.10. The lowest BCUT2D eigenvalue weighted by atomic mass is 10.2. The molecule has 1 aromatic heterocycles. The van der Waals surface area contributed by atoms with E-state index < -0.39 is 0 Å². The van der Waals surface area contributed by atoms with Gasteiger partial charge in [-0.15, -0.1) is 11.3 Å². The number of hydrogen-bond acceptors (Lipinski definition) is 4. The Morgan fingerprint density at radius 1 is 1.35 bits per heavy atom. The van der Waals surface area contributed by atoms with Gasteiger partial charge in [0.2, 0.25) is 0 Å². The molecule has 0 amide bonds. The maximum Gasteiger partial charge on any atom is 0.185 e. The number of aryl methyl sites for hydroxylation is 1. The molecule has 0 saturated heterocycles. The molecule has 0 saturated carbocycles. The molecule has 0 fully saturated rings. The lowest BCUT2D eigenvalue weighted by Gasteiger charge is -2.07. The van der Waals surface area contributed by atoms with Gasteiger partial charge in [-0.1, -0.05) is 27.2 Å². The Kier molecular flexibility index (Phi) is 5.92. The highest BCUT2D eigenvalue weighted by atomic mass is 32.1. The molecular formula is C13H25N3S. The zero-order valence-electron chi connectivity index (χ0n) is 11.7. The van der Waals surface area contributed by atoms with Crippen LogP contribution in [0.1, 0.15) is 37.8 Å². The van der Waals surface area contributed by atoms with Crippen LogP contribution in [0.3, 0.4) is 0 Å². The molecule has 0 aliphatic heterocycles. The van der Waals surface area contributed by atoms with Crippen LogP contribution in [-0.4, -0.2) is 25.6 Å². The molecule has 0 spiro atoms. The number of nitrogens with zero attached hydrogens (tertiary/aromatic N) is 2. The Bertz CT molecular complexity index is 331. The van der Waals surface area contributed by atoms with E-state index in [1.165, 1.54) is 10.6 Å². The van der Waals surface area contributed by atoms with E-state index in [1.807, 2.05) is 11.3 Å². The molecule has 0 aliphatic carbocycles. The largest absolute Gasteiger partial charge is 0.354 e. The summed E-state index contributed by atoms with van der Waals surface area (Å²) in [6.45, 7) is 8.70. The summed E-state index contributed by atoms with van der Waals surface area (Å²) in [7, 11) is 4.11. The Hall–Kier alpha value is -0.610. The van der Waals surface area contributed by atoms with Gasteiger partial charge in [-0.2, -0.15) is 0 Å². The van der Waals surface area contributed by atoms with E-state index in [-0.39, 0.29) is 0 Å². The summed E-state index contributed by atoms with van der Waals surface area (Å²) in [4.78, 5) is 8.19. The molecule has 17 heavy (non-hydrogen) atoms. The number of nitrogens with one attached hydrogen (secondary N) is 1. The first-order valence-electron chi connectivity index (χ1n) is 6.41. The maximum absolute atomic E-state index is 4.70. The van der Waals surface area contributed by atoms with Crippen LogP contribution in [-0.2, 0) is 13.0 Å². The minimum absolute atomic E-state index is 0.700. The van der Waals surface area contributed by atoms with Crippen molar-refractivity contribution in [3.05, 3.63) is 10.6 Å². The second-order valence-electron chi connectivity index (χ2n) is 5.04. The van der Waals surface area contributed by atoms with Gasteiger partial charge in [-0.05, 0) is 18.9 Å². The van der Waals surface area contributed by atoms with E-state index in [4.69, 9.17) is 4.98 Å². The standard InChI is InChI=1S/C13H25N3S/c1-6-7-11-12(9-14-8-10(2)3)17-13(15-11)16(4)5/h10,14H,6-9H2,1-5H3. The Balaban J connectivity index is 2.67. The van der Waals surface area contributed by atoms with Gasteiger partial charge in [0.25, 0.3) is 0 Å². The van der Waals surface area contributed by atoms with E-state index in [0.717, 1.165) is 31.1 Å². The van der Waals surface area contributed by atoms with Crippen molar-refractivity contribution in [3.63, 3.8) is 0 Å². The first-order chi connectivity index (χ1) is 8.04. The van der Waals surface area contributed by atoms with E-state index in [1.54, 1.807) is 0 Å². The fraction of sp³-hybridized carbons (Fsp3) is 0.769. The Labute approximate surface area is 109 Å². The molecule has 0 radical (unpaired) electrons. The van der Waals surface area contributed by atoms with Crippen molar-refractivity contribution in [1.82, 2.24) is 10.3 Å². The second kappa shape index (κ2) is 6.97. The van der Waals surface area contributed by atoms with Crippen molar-refractivity contribution in [1.29, 1.82) is 0 Å². The maximum atomic E-state index is 4.70. The summed E-state index contributed by atoms with van der Waals surface area (Å²) >= 11 is 1.81. The van der Waals surface area contributed by atoms with Crippen molar-refractivity contribution >= 4 is 16.5 Å². The minimum Gasteiger partial charge on any atom is -0.354 e. The molecule has 0 aliphatic rings. The van der Waals surface area contributed by atoms with Gasteiger partial charge < -0.3 is 10.2 Å². The molecule has 0 bridgehead atoms. The van der Waals surface area contributed by atoms with E-state index in [9.17, 15) is 0 Å². The summed E-state index contributed by atoms with van der Waals surface area (Å²) in [5.41, 5.74) is 1.28. The molecule has 98 valence electrons. The molecule has 1 N–H and O–H groups in total. The highest BCUT2D eigenvalue weighted by Crippen LogP contribution is 2.25. The highest BCUT2D eigenvalue weighted by Gasteiger charge is 2.11. The quantitative estimate of drug-likeness (QED) is 0.812. The van der Waals surface area contributed by atoms with Crippen LogP contribution in [0.15, 0.2) is 0 Å². The molecule has 3 nitrogen and oxygen atoms in total. The molecule has 0 aromatic carbocycles. The average molecular weight is 255 g/mol. The van der Waals surface area contributed by atoms with E-state index >= 15 is 0 Å². The third-order valence-corrected chi connectivity index (χ3v) is 3.74. The Morgan fingerprint density at radius 3 is 2.59 bits per heavy atom. The summed E-state index contributed by atoms with van der Waals surface area (Å²) in [5.74, 6) is 0.700. The topological polar surface area (TPSA) is 28.2 Å². The van der Waals surface area contributed by atoms with E-state index in [2.05, 4.69) is 45.1 Å². The van der Waals surface area contributed by atoms with Crippen molar-refractivity contribution in [2.75, 3.05) is 25.5 Å². The van der Waals surface area contributed by atoms with Crippen molar-refractivity contribution in [2.24, 2.45) is 5.92 Å². The lowest BCUT2D eigenvalue weighted by Crippen LogP contribution is -2.19. The smallest absolute Gasteiger partial charge is 0.185 e. The van der Waals surface area contributed by atoms with Gasteiger partial charge in [-0.3, -0.25) is 0 Å². The van der Waals surface area contributed by atoms with Crippen molar-refractivity contribution in [3.8, 4) is 0 Å². The highest BCUT2D eigenvalue weighted by molar-refractivity contribution is 7.15. The normalized spacial score (nSPS) is 11.2. The monoisotopic (exact) mass is 255 g/mol. The zero-order chi connectivity index (χ0) is 12.8. The van der Waals surface area contributed by atoms with Crippen LogP contribution in [0.2, 0.25) is 0 Å². The number of aromatic nitrogens is 1. The fourth-order valence-corrected chi connectivity index (χ4v) is 2.60. The van der Waals surface area contributed by atoms with E-state index in [0.29, 0.717) is 5.92 Å². The molecule has 0 unspecified atom stereocenters. The van der Waals surface area contributed by atoms with Crippen LogP contribution in [0.4, 0.5) is 5.13 Å². The van der Waals surface area contributed by atoms with Crippen LogP contribution in [0.5, 0.6) is 0 Å². The summed E-state index contributed by atoms with van der Waals surface area (Å²) in [6.07, 6.45) is 2.25. The van der Waals surface area contributed by atoms with Crippen LogP contribution < -0.4 is 10.2 Å². The first-order valence-corrected chi connectivity index (χ1v) is 7.22. The minimum atomic E-state index is 0.700. The lowest BCUT2D eigenvalue weighted by molar-refractivity contribution is 0.553. The molecule has 1 heterocycles. The molecular weight excluding hydrogens is 230 g/mol. The predicted molar refractivity (Wildman–Crippen MR) is 77.0 cm³/mol. The summed E-state index contributed by atoms with van der Waals surface area (Å²) < 4.78 is 0. The third kappa shape index (κ3) is 4.64. The van der Waals surface area contributed by atoms with Crippen molar-refractivity contribution in [2.45, 2.75) is 40.2 Å². The third-order valence-electron chi connectivity index (χ3n) is 2.47. The number of anilines is 1. The molecule has 4 heteroatoms. The van der Waals surface area contributed by atoms with Crippen LogP contribution >= 0.6 is 11.3 Å². The zero-order valence-corrected chi connectivity index (χ0v) is 12.5. The Morgan fingerprint density at radius 2 is 2.06 bits per heavy atom. The van der Waals surface area contributed by atoms with Crippen LogP contribution in [0, 0.1) is 5.92 Å². The van der Waals surface area contributed by atoms with Gasteiger partial charge in [0, 0.05) is 25.5 Å².